The van der Waals surface area contributed by atoms with Gasteiger partial charge in [-0.3, -0.25) is 0 Å². The first-order chi connectivity index (χ1) is 10.7. The minimum Gasteiger partial charge on any atom is -0.0890 e. The summed E-state index contributed by atoms with van der Waals surface area (Å²) in [5.74, 6) is 0. The maximum Gasteiger partial charge on any atom is -0.0132 e. The summed E-state index contributed by atoms with van der Waals surface area (Å²) in [6.07, 6.45) is 2.08. The molecule has 0 N–H and O–H groups in total. The van der Waals surface area contributed by atoms with Crippen molar-refractivity contribution in [3.8, 4) is 0 Å². The average Bonchev–Trinajstić information content (AvgIpc) is 2.52. The van der Waals surface area contributed by atoms with E-state index in [-0.39, 0.29) is 5.41 Å². The zero-order valence-electron chi connectivity index (χ0n) is 17.0. The van der Waals surface area contributed by atoms with Gasteiger partial charge in [-0.2, -0.15) is 0 Å². The van der Waals surface area contributed by atoms with Crippen molar-refractivity contribution in [3.05, 3.63) is 58.7 Å². The van der Waals surface area contributed by atoms with E-state index in [1.54, 1.807) is 0 Å². The number of benzene rings is 2. The van der Waals surface area contributed by atoms with Crippen LogP contribution in [0, 0.1) is 13.8 Å². The van der Waals surface area contributed by atoms with Gasteiger partial charge in [0.2, 0.25) is 0 Å². The van der Waals surface area contributed by atoms with Crippen LogP contribution >= 0.6 is 0 Å². The second-order valence-electron chi connectivity index (χ2n) is 7.08. The smallest absolute Gasteiger partial charge is 0.0132 e. The highest BCUT2D eigenvalue weighted by atomic mass is 14.2. The molecule has 0 saturated heterocycles. The van der Waals surface area contributed by atoms with E-state index < -0.39 is 0 Å². The third kappa shape index (κ3) is 6.60. The van der Waals surface area contributed by atoms with E-state index >= 15 is 0 Å². The number of allylic oxidation sites excluding steroid dienone is 2. The van der Waals surface area contributed by atoms with Crippen molar-refractivity contribution in [2.75, 3.05) is 0 Å². The van der Waals surface area contributed by atoms with Gasteiger partial charge in [0.05, 0.1) is 0 Å². The molecule has 0 aromatic heterocycles. The first-order valence-corrected chi connectivity index (χ1v) is 8.76. The Morgan fingerprint density at radius 3 is 1.65 bits per heavy atom. The van der Waals surface area contributed by atoms with E-state index in [9.17, 15) is 0 Å². The minimum atomic E-state index is 0.227. The second-order valence-corrected chi connectivity index (χ2v) is 7.08. The molecule has 0 heteroatoms. The van der Waals surface area contributed by atoms with Crippen LogP contribution in [0.5, 0.6) is 0 Å². The quantitative estimate of drug-likeness (QED) is 0.436. The van der Waals surface area contributed by atoms with Crippen LogP contribution in [0.15, 0.2) is 42.0 Å². The number of rotatable bonds is 0. The number of fused-ring (bicyclic) bond motifs is 1. The average molecular weight is 313 g/mol. The molecular weight excluding hydrogens is 276 g/mol. The van der Waals surface area contributed by atoms with Crippen LogP contribution in [0.4, 0.5) is 0 Å². The highest BCUT2D eigenvalue weighted by Gasteiger charge is 2.14. The molecule has 0 aliphatic rings. The van der Waals surface area contributed by atoms with Crippen molar-refractivity contribution in [3.63, 3.8) is 0 Å². The SMILES string of the molecule is CC.CC=C(C)C.Cc1ccc(C)c2cc(C(C)(C)C)ccc12. The van der Waals surface area contributed by atoms with Crippen LogP contribution < -0.4 is 0 Å². The third-order valence-corrected chi connectivity index (χ3v) is 3.90. The Bertz CT molecular complexity index is 633. The zero-order chi connectivity index (χ0) is 18.2. The predicted octanol–water partition coefficient (Wildman–Crippen LogP) is 7.75. The Hall–Kier alpha value is -1.56. The van der Waals surface area contributed by atoms with E-state index in [0.29, 0.717) is 0 Å². The molecular formula is C23H36. The summed E-state index contributed by atoms with van der Waals surface area (Å²) >= 11 is 0. The standard InChI is InChI=1S/C16H20.C5H10.C2H6/c1-11-6-7-12(2)15-10-13(16(3,4)5)8-9-14(11)15;1-4-5(2)3;1-2/h6-10H,1-5H3;4H,1-3H3;1-2H3. The molecule has 0 amide bonds. The molecule has 23 heavy (non-hydrogen) atoms. The molecule has 0 nitrogen and oxygen atoms in total. The summed E-state index contributed by atoms with van der Waals surface area (Å²) in [5, 5.41) is 2.78. The zero-order valence-corrected chi connectivity index (χ0v) is 17.0. The van der Waals surface area contributed by atoms with Crippen molar-refractivity contribution in [2.45, 2.75) is 74.7 Å². The van der Waals surface area contributed by atoms with Gasteiger partial charge in [0.15, 0.2) is 0 Å². The molecule has 128 valence electrons. The summed E-state index contributed by atoms with van der Waals surface area (Å²) in [6.45, 7) is 21.4. The fourth-order valence-corrected chi connectivity index (χ4v) is 2.11. The normalized spacial score (nSPS) is 10.2. The maximum absolute atomic E-state index is 2.34. The van der Waals surface area contributed by atoms with Gasteiger partial charge in [-0.1, -0.05) is 76.6 Å². The van der Waals surface area contributed by atoms with Crippen LogP contribution in [0.1, 0.15) is 72.1 Å². The topological polar surface area (TPSA) is 0 Å². The van der Waals surface area contributed by atoms with Gasteiger partial charge in [0.25, 0.3) is 0 Å². The second kappa shape index (κ2) is 9.55. The third-order valence-electron chi connectivity index (χ3n) is 3.90. The molecule has 0 atom stereocenters. The maximum atomic E-state index is 2.34. The lowest BCUT2D eigenvalue weighted by molar-refractivity contribution is 0.591. The van der Waals surface area contributed by atoms with Gasteiger partial charge >= 0.3 is 0 Å². The fourth-order valence-electron chi connectivity index (χ4n) is 2.11. The van der Waals surface area contributed by atoms with E-state index in [0.717, 1.165) is 0 Å². The van der Waals surface area contributed by atoms with Crippen LogP contribution in [0.25, 0.3) is 10.8 Å². The summed E-state index contributed by atoms with van der Waals surface area (Å²) in [4.78, 5) is 0. The Labute approximate surface area is 144 Å². The highest BCUT2D eigenvalue weighted by molar-refractivity contribution is 5.89. The molecule has 0 saturated carbocycles. The molecule has 0 aliphatic heterocycles. The molecule has 0 bridgehead atoms. The lowest BCUT2D eigenvalue weighted by atomic mass is 9.85. The van der Waals surface area contributed by atoms with E-state index in [4.69, 9.17) is 0 Å². The Kier molecular flexibility index (Phi) is 8.90. The van der Waals surface area contributed by atoms with Crippen LogP contribution in [-0.4, -0.2) is 0 Å². The molecule has 0 fully saturated rings. The molecule has 0 aliphatic carbocycles. The van der Waals surface area contributed by atoms with E-state index in [1.807, 2.05) is 20.8 Å². The highest BCUT2D eigenvalue weighted by Crippen LogP contribution is 2.29. The minimum absolute atomic E-state index is 0.227. The van der Waals surface area contributed by atoms with E-state index in [2.05, 4.69) is 84.9 Å². The number of hydrogen-bond donors (Lipinski definition) is 0. The Morgan fingerprint density at radius 1 is 0.826 bits per heavy atom. The Morgan fingerprint density at radius 2 is 1.26 bits per heavy atom. The Balaban J connectivity index is 0.000000594. The summed E-state index contributed by atoms with van der Waals surface area (Å²) in [5.41, 5.74) is 5.75. The largest absolute Gasteiger partial charge is 0.0890 e. The molecule has 2 rings (SSSR count). The van der Waals surface area contributed by atoms with Gasteiger partial charge in [0, 0.05) is 0 Å². The van der Waals surface area contributed by atoms with Crippen molar-refractivity contribution in [1.29, 1.82) is 0 Å². The first-order valence-electron chi connectivity index (χ1n) is 8.76. The lowest BCUT2D eigenvalue weighted by Crippen LogP contribution is -2.10. The van der Waals surface area contributed by atoms with Gasteiger partial charge < -0.3 is 0 Å². The van der Waals surface area contributed by atoms with Crippen molar-refractivity contribution in [1.82, 2.24) is 0 Å². The van der Waals surface area contributed by atoms with Gasteiger partial charge in [-0.15, -0.1) is 0 Å². The van der Waals surface area contributed by atoms with Gasteiger partial charge in [-0.25, -0.2) is 0 Å². The summed E-state index contributed by atoms with van der Waals surface area (Å²) in [6, 6.07) is 11.3. The van der Waals surface area contributed by atoms with E-state index in [1.165, 1.54) is 33.0 Å². The first kappa shape index (κ1) is 21.4. The number of aryl methyl sites for hydroxylation is 2. The molecule has 0 heterocycles. The number of hydrogen-bond acceptors (Lipinski definition) is 0. The monoisotopic (exact) mass is 312 g/mol. The predicted molar refractivity (Wildman–Crippen MR) is 109 cm³/mol. The summed E-state index contributed by atoms with van der Waals surface area (Å²) in [7, 11) is 0. The molecule has 0 unspecified atom stereocenters. The molecule has 0 radical (unpaired) electrons. The van der Waals surface area contributed by atoms with Crippen molar-refractivity contribution < 1.29 is 0 Å². The van der Waals surface area contributed by atoms with Crippen molar-refractivity contribution in [2.24, 2.45) is 0 Å². The van der Waals surface area contributed by atoms with Crippen LogP contribution in [0.3, 0.4) is 0 Å². The van der Waals surface area contributed by atoms with Gasteiger partial charge in [-0.05, 0) is 67.5 Å². The lowest BCUT2D eigenvalue weighted by Gasteiger charge is -2.20. The van der Waals surface area contributed by atoms with Crippen molar-refractivity contribution >= 4 is 10.8 Å². The molecule has 0 spiro atoms. The molecule has 2 aromatic carbocycles. The van der Waals surface area contributed by atoms with Gasteiger partial charge in [0.1, 0.15) is 0 Å². The molecule has 2 aromatic rings. The van der Waals surface area contributed by atoms with Crippen LogP contribution in [-0.2, 0) is 5.41 Å². The summed E-state index contributed by atoms with van der Waals surface area (Å²) < 4.78 is 0. The fraction of sp³-hybridized carbons (Fsp3) is 0.478. The van der Waals surface area contributed by atoms with Crippen LogP contribution in [0.2, 0.25) is 0 Å².